The van der Waals surface area contributed by atoms with E-state index in [0.29, 0.717) is 25.0 Å². The molecule has 1 saturated heterocycles. The van der Waals surface area contributed by atoms with Gasteiger partial charge in [0.05, 0.1) is 18.2 Å². The second-order valence-electron chi connectivity index (χ2n) is 8.43. The highest BCUT2D eigenvalue weighted by molar-refractivity contribution is 5.89. The van der Waals surface area contributed by atoms with Gasteiger partial charge in [0.15, 0.2) is 0 Å². The molecule has 1 atom stereocenters. The van der Waals surface area contributed by atoms with E-state index in [1.807, 2.05) is 26.0 Å². The molecular weight excluding hydrogens is 366 g/mol. The van der Waals surface area contributed by atoms with Crippen LogP contribution in [0.5, 0.6) is 0 Å². The van der Waals surface area contributed by atoms with E-state index in [2.05, 4.69) is 41.5 Å². The number of aliphatic hydroxyl groups excluding tert-OH is 1. The average molecular weight is 406 g/mol. The van der Waals surface area contributed by atoms with Gasteiger partial charge in [-0.1, -0.05) is 26.0 Å². The molecule has 1 aromatic rings. The molecular formula is C23H39N3O3. The van der Waals surface area contributed by atoms with Crippen LogP contribution < -0.4 is 10.6 Å². The van der Waals surface area contributed by atoms with Crippen LogP contribution >= 0.6 is 0 Å². The van der Waals surface area contributed by atoms with Crippen LogP contribution in [0.2, 0.25) is 0 Å². The van der Waals surface area contributed by atoms with Gasteiger partial charge in [0, 0.05) is 31.4 Å². The number of carbonyl (C=O) groups excluding carboxylic acids is 1. The largest absolute Gasteiger partial charge is 0.394 e. The summed E-state index contributed by atoms with van der Waals surface area (Å²) in [7, 11) is 0. The van der Waals surface area contributed by atoms with Crippen LogP contribution in [-0.4, -0.2) is 53.5 Å². The number of ether oxygens (including phenoxy) is 1. The zero-order valence-corrected chi connectivity index (χ0v) is 18.5. The van der Waals surface area contributed by atoms with E-state index in [0.717, 1.165) is 31.8 Å². The number of nitrogens with one attached hydrogen (secondary N) is 2. The van der Waals surface area contributed by atoms with Crippen molar-refractivity contribution in [3.63, 3.8) is 0 Å². The van der Waals surface area contributed by atoms with Crippen molar-refractivity contribution < 1.29 is 14.6 Å². The van der Waals surface area contributed by atoms with Crippen molar-refractivity contribution in [1.29, 1.82) is 0 Å². The van der Waals surface area contributed by atoms with Crippen molar-refractivity contribution in [1.82, 2.24) is 10.2 Å². The Bertz CT molecular complexity index is 600. The number of hydrogen-bond acceptors (Lipinski definition) is 4. The van der Waals surface area contributed by atoms with Gasteiger partial charge >= 0.3 is 6.03 Å². The number of carbonyl (C=O) groups is 1. The molecule has 0 bridgehead atoms. The molecule has 0 aliphatic carbocycles. The first-order valence-electron chi connectivity index (χ1n) is 11.1. The summed E-state index contributed by atoms with van der Waals surface area (Å²) in [5.41, 5.74) is 1.40. The first-order valence-corrected chi connectivity index (χ1v) is 11.1. The van der Waals surface area contributed by atoms with Crippen molar-refractivity contribution >= 4 is 11.7 Å². The molecule has 2 amide bonds. The van der Waals surface area contributed by atoms with Crippen LogP contribution in [0.1, 0.15) is 65.4 Å². The molecule has 1 fully saturated rings. The van der Waals surface area contributed by atoms with E-state index in [-0.39, 0.29) is 12.6 Å². The average Bonchev–Trinajstić information content (AvgIpc) is 2.73. The molecule has 29 heavy (non-hydrogen) atoms. The first-order chi connectivity index (χ1) is 13.9. The van der Waals surface area contributed by atoms with E-state index in [1.165, 1.54) is 18.4 Å². The van der Waals surface area contributed by atoms with E-state index in [1.54, 1.807) is 0 Å². The molecule has 0 aromatic heterocycles. The van der Waals surface area contributed by atoms with Crippen LogP contribution in [0.3, 0.4) is 0 Å². The summed E-state index contributed by atoms with van der Waals surface area (Å²) in [6.45, 7) is 11.0. The van der Waals surface area contributed by atoms with Gasteiger partial charge in [-0.05, 0) is 63.6 Å². The smallest absolute Gasteiger partial charge is 0.319 e. The van der Waals surface area contributed by atoms with E-state index in [4.69, 9.17) is 4.74 Å². The molecule has 1 aromatic carbocycles. The van der Waals surface area contributed by atoms with E-state index >= 15 is 0 Å². The Labute approximate surface area is 176 Å². The highest BCUT2D eigenvalue weighted by Gasteiger charge is 2.27. The highest BCUT2D eigenvalue weighted by Crippen LogP contribution is 2.19. The standard InChI is InChI=1S/C23H39N3O3/c1-5-23(6-2,17-27)25-22(28)24-20-12-10-19(11-13-20)15-26(18(3)4)16-21-9-7-8-14-29-21/h10-13,18,21,27H,5-9,14-17H2,1-4H3,(H2,24,25,28). The van der Waals surface area contributed by atoms with Gasteiger partial charge in [0.2, 0.25) is 0 Å². The first kappa shape index (κ1) is 23.6. The maximum atomic E-state index is 12.3. The van der Waals surface area contributed by atoms with Crippen molar-refractivity contribution in [3.8, 4) is 0 Å². The Morgan fingerprint density at radius 2 is 1.93 bits per heavy atom. The summed E-state index contributed by atoms with van der Waals surface area (Å²) in [6, 6.07) is 8.15. The van der Waals surface area contributed by atoms with Gasteiger partial charge in [0.25, 0.3) is 0 Å². The second-order valence-corrected chi connectivity index (χ2v) is 8.43. The fraction of sp³-hybridized carbons (Fsp3) is 0.696. The fourth-order valence-corrected chi connectivity index (χ4v) is 3.69. The Kier molecular flexibility index (Phi) is 9.40. The molecule has 1 unspecified atom stereocenters. The number of nitrogens with zero attached hydrogens (tertiary/aromatic N) is 1. The molecule has 3 N–H and O–H groups in total. The number of urea groups is 1. The van der Waals surface area contributed by atoms with Gasteiger partial charge < -0.3 is 20.5 Å². The lowest BCUT2D eigenvalue weighted by atomic mass is 9.94. The molecule has 1 aliphatic rings. The summed E-state index contributed by atoms with van der Waals surface area (Å²) in [5.74, 6) is 0. The third kappa shape index (κ3) is 7.28. The summed E-state index contributed by atoms with van der Waals surface area (Å²) < 4.78 is 5.91. The Balaban J connectivity index is 1.91. The van der Waals surface area contributed by atoms with Crippen molar-refractivity contribution in [2.75, 3.05) is 25.1 Å². The predicted molar refractivity (Wildman–Crippen MR) is 118 cm³/mol. The third-order valence-corrected chi connectivity index (χ3v) is 6.07. The zero-order chi connectivity index (χ0) is 21.3. The Morgan fingerprint density at radius 3 is 2.45 bits per heavy atom. The van der Waals surface area contributed by atoms with Crippen molar-refractivity contribution in [3.05, 3.63) is 29.8 Å². The number of anilines is 1. The number of hydrogen-bond donors (Lipinski definition) is 3. The lowest BCUT2D eigenvalue weighted by Gasteiger charge is -2.32. The predicted octanol–water partition coefficient (Wildman–Crippen LogP) is 4.14. The molecule has 6 nitrogen and oxygen atoms in total. The lowest BCUT2D eigenvalue weighted by molar-refractivity contribution is -0.0129. The quantitative estimate of drug-likeness (QED) is 0.547. The number of amides is 2. The molecule has 0 spiro atoms. The number of benzene rings is 1. The van der Waals surface area contributed by atoms with Crippen LogP contribution in [0.25, 0.3) is 0 Å². The molecule has 0 saturated carbocycles. The number of rotatable bonds is 10. The van der Waals surface area contributed by atoms with Gasteiger partial charge in [-0.25, -0.2) is 4.79 Å². The summed E-state index contributed by atoms with van der Waals surface area (Å²) in [5, 5.41) is 15.4. The van der Waals surface area contributed by atoms with Crippen LogP contribution in [0.15, 0.2) is 24.3 Å². The molecule has 2 rings (SSSR count). The van der Waals surface area contributed by atoms with E-state index < -0.39 is 5.54 Å². The highest BCUT2D eigenvalue weighted by atomic mass is 16.5. The Morgan fingerprint density at radius 1 is 1.24 bits per heavy atom. The fourth-order valence-electron chi connectivity index (χ4n) is 3.69. The molecule has 6 heteroatoms. The van der Waals surface area contributed by atoms with Gasteiger partial charge in [0.1, 0.15) is 0 Å². The summed E-state index contributed by atoms with van der Waals surface area (Å²) in [4.78, 5) is 14.8. The molecule has 1 heterocycles. The maximum Gasteiger partial charge on any atom is 0.319 e. The van der Waals surface area contributed by atoms with E-state index in [9.17, 15) is 9.90 Å². The minimum absolute atomic E-state index is 0.0674. The second kappa shape index (κ2) is 11.5. The molecule has 0 radical (unpaired) electrons. The summed E-state index contributed by atoms with van der Waals surface area (Å²) in [6.07, 6.45) is 5.28. The SMILES string of the molecule is CCC(CC)(CO)NC(=O)Nc1ccc(CN(CC2CCCCO2)C(C)C)cc1. The van der Waals surface area contributed by atoms with Gasteiger partial charge in [-0.3, -0.25) is 4.90 Å². The van der Waals surface area contributed by atoms with Crippen LogP contribution in [0, 0.1) is 0 Å². The molecule has 164 valence electrons. The normalized spacial score (nSPS) is 17.6. The minimum atomic E-state index is -0.566. The van der Waals surface area contributed by atoms with Crippen molar-refractivity contribution in [2.45, 2.75) is 84.0 Å². The Hall–Kier alpha value is -1.63. The minimum Gasteiger partial charge on any atom is -0.394 e. The topological polar surface area (TPSA) is 73.8 Å². The molecule has 1 aliphatic heterocycles. The van der Waals surface area contributed by atoms with Gasteiger partial charge in [-0.15, -0.1) is 0 Å². The van der Waals surface area contributed by atoms with Crippen LogP contribution in [-0.2, 0) is 11.3 Å². The van der Waals surface area contributed by atoms with Gasteiger partial charge in [-0.2, -0.15) is 0 Å². The zero-order valence-electron chi connectivity index (χ0n) is 18.5. The monoisotopic (exact) mass is 405 g/mol. The lowest BCUT2D eigenvalue weighted by Crippen LogP contribution is -2.52. The maximum absolute atomic E-state index is 12.3. The number of aliphatic hydroxyl groups is 1. The summed E-state index contributed by atoms with van der Waals surface area (Å²) >= 11 is 0. The van der Waals surface area contributed by atoms with Crippen LogP contribution in [0.4, 0.5) is 10.5 Å². The van der Waals surface area contributed by atoms with Crippen molar-refractivity contribution in [2.24, 2.45) is 0 Å². The third-order valence-electron chi connectivity index (χ3n) is 6.07.